The maximum atomic E-state index is 11.7. The van der Waals surface area contributed by atoms with E-state index in [1.165, 1.54) is 30.0 Å². The van der Waals surface area contributed by atoms with Crippen LogP contribution in [-0.4, -0.2) is 36.1 Å². The second-order valence-corrected chi connectivity index (χ2v) is 4.21. The smallest absolute Gasteiger partial charge is 0.250 e. The highest BCUT2D eigenvalue weighted by Crippen LogP contribution is 2.04. The van der Waals surface area contributed by atoms with Crippen molar-refractivity contribution in [1.82, 2.24) is 4.57 Å². The molecule has 1 rings (SSSR count). The van der Waals surface area contributed by atoms with Gasteiger partial charge in [-0.05, 0) is 6.07 Å². The van der Waals surface area contributed by atoms with Gasteiger partial charge < -0.3 is 26.1 Å². The Balaban J connectivity index is 2.75. The monoisotopic (exact) mass is 282 g/mol. The van der Waals surface area contributed by atoms with Gasteiger partial charge in [0.05, 0.1) is 24.8 Å². The molecule has 0 saturated carbocycles. The number of amides is 2. The zero-order valence-electron chi connectivity index (χ0n) is 11.2. The zero-order chi connectivity index (χ0) is 15.1. The van der Waals surface area contributed by atoms with Crippen molar-refractivity contribution in [1.29, 1.82) is 0 Å². The van der Waals surface area contributed by atoms with Gasteiger partial charge in [-0.2, -0.15) is 0 Å². The third-order valence-electron chi connectivity index (χ3n) is 2.55. The van der Waals surface area contributed by atoms with E-state index in [4.69, 9.17) is 16.2 Å². The van der Waals surface area contributed by atoms with E-state index in [-0.39, 0.29) is 12.0 Å². The van der Waals surface area contributed by atoms with Gasteiger partial charge in [0, 0.05) is 25.9 Å². The molecule has 8 heteroatoms. The van der Waals surface area contributed by atoms with E-state index in [2.05, 4.69) is 5.32 Å². The molecule has 0 saturated heterocycles. The number of hydrogen-bond acceptors (Lipinski definition) is 5. The number of nitrogens with zero attached hydrogens (tertiary/aromatic N) is 1. The number of carbonyl (C=O) groups is 2. The fourth-order valence-electron chi connectivity index (χ4n) is 1.51. The molecule has 1 unspecified atom stereocenters. The van der Waals surface area contributed by atoms with Crippen molar-refractivity contribution in [2.45, 2.75) is 19.0 Å². The Kier molecular flexibility index (Phi) is 5.88. The van der Waals surface area contributed by atoms with E-state index >= 15 is 0 Å². The van der Waals surface area contributed by atoms with Crippen LogP contribution in [0.5, 0.6) is 0 Å². The van der Waals surface area contributed by atoms with E-state index in [0.717, 1.165) is 0 Å². The van der Waals surface area contributed by atoms with Crippen molar-refractivity contribution in [3.05, 3.63) is 28.7 Å². The SMILES string of the molecule is COCCn1cc(NC(=O)C(N)CC(N)=O)ccc1=O. The third-order valence-corrected chi connectivity index (χ3v) is 2.55. The van der Waals surface area contributed by atoms with Crippen molar-refractivity contribution >= 4 is 17.5 Å². The van der Waals surface area contributed by atoms with Crippen molar-refractivity contribution < 1.29 is 14.3 Å². The summed E-state index contributed by atoms with van der Waals surface area (Å²) in [6, 6.07) is 1.76. The standard InChI is InChI=1S/C12H18N4O4/c1-20-5-4-16-7-8(2-3-11(16)18)15-12(19)9(13)6-10(14)17/h2-3,7,9H,4-6,13H2,1H3,(H2,14,17)(H,15,19). The normalized spacial score (nSPS) is 11.9. The molecule has 0 fully saturated rings. The number of primary amides is 1. The highest BCUT2D eigenvalue weighted by atomic mass is 16.5. The molecule has 0 aromatic carbocycles. The quantitative estimate of drug-likeness (QED) is 0.568. The molecule has 1 aromatic rings. The first-order valence-electron chi connectivity index (χ1n) is 5.98. The fraction of sp³-hybridized carbons (Fsp3) is 0.417. The summed E-state index contributed by atoms with van der Waals surface area (Å²) in [5.41, 5.74) is 10.7. The number of nitrogens with one attached hydrogen (secondary N) is 1. The summed E-state index contributed by atoms with van der Waals surface area (Å²) < 4.78 is 6.29. The second kappa shape index (κ2) is 7.41. The maximum absolute atomic E-state index is 11.7. The first-order chi connectivity index (χ1) is 9.43. The first kappa shape index (κ1) is 15.9. The van der Waals surface area contributed by atoms with Crippen molar-refractivity contribution in [3.8, 4) is 0 Å². The Morgan fingerprint density at radius 2 is 2.15 bits per heavy atom. The number of pyridine rings is 1. The predicted octanol–water partition coefficient (Wildman–Crippen LogP) is -1.36. The molecule has 1 aromatic heterocycles. The molecular weight excluding hydrogens is 264 g/mol. The number of rotatable bonds is 7. The van der Waals surface area contributed by atoms with Crippen LogP contribution in [0.15, 0.2) is 23.1 Å². The average Bonchev–Trinajstić information content (AvgIpc) is 2.38. The van der Waals surface area contributed by atoms with Crippen LogP contribution in [0.3, 0.4) is 0 Å². The minimum Gasteiger partial charge on any atom is -0.383 e. The van der Waals surface area contributed by atoms with E-state index in [0.29, 0.717) is 18.8 Å². The zero-order valence-corrected chi connectivity index (χ0v) is 11.2. The summed E-state index contributed by atoms with van der Waals surface area (Å²) >= 11 is 0. The van der Waals surface area contributed by atoms with Gasteiger partial charge in [-0.3, -0.25) is 14.4 Å². The first-order valence-corrected chi connectivity index (χ1v) is 5.98. The Bertz CT molecular complexity index is 541. The molecule has 0 radical (unpaired) electrons. The second-order valence-electron chi connectivity index (χ2n) is 4.21. The Hall–Kier alpha value is -2.19. The lowest BCUT2D eigenvalue weighted by molar-refractivity contribution is -0.123. The van der Waals surface area contributed by atoms with Crippen LogP contribution in [0.2, 0.25) is 0 Å². The van der Waals surface area contributed by atoms with Gasteiger partial charge in [0.15, 0.2) is 0 Å². The Labute approximate surface area is 115 Å². The van der Waals surface area contributed by atoms with Gasteiger partial charge in [0.2, 0.25) is 11.8 Å². The molecule has 0 aliphatic heterocycles. The lowest BCUT2D eigenvalue weighted by Gasteiger charge is -2.12. The molecule has 5 N–H and O–H groups in total. The molecule has 0 aliphatic rings. The van der Waals surface area contributed by atoms with Crippen LogP contribution < -0.4 is 22.3 Å². The Morgan fingerprint density at radius 3 is 2.75 bits per heavy atom. The van der Waals surface area contributed by atoms with Crippen LogP contribution in [0.1, 0.15) is 6.42 Å². The third kappa shape index (κ3) is 4.82. The van der Waals surface area contributed by atoms with Crippen LogP contribution in [0, 0.1) is 0 Å². The number of carbonyl (C=O) groups excluding carboxylic acids is 2. The van der Waals surface area contributed by atoms with Gasteiger partial charge in [0.25, 0.3) is 5.56 Å². The molecule has 0 bridgehead atoms. The van der Waals surface area contributed by atoms with Gasteiger partial charge in [-0.1, -0.05) is 0 Å². The summed E-state index contributed by atoms with van der Waals surface area (Å²) in [5, 5.41) is 2.52. The van der Waals surface area contributed by atoms with Crippen LogP contribution >= 0.6 is 0 Å². The van der Waals surface area contributed by atoms with E-state index in [1.807, 2.05) is 0 Å². The fourth-order valence-corrected chi connectivity index (χ4v) is 1.51. The molecule has 1 atom stereocenters. The Morgan fingerprint density at radius 1 is 1.45 bits per heavy atom. The topological polar surface area (TPSA) is 129 Å². The average molecular weight is 282 g/mol. The number of hydrogen-bond donors (Lipinski definition) is 3. The van der Waals surface area contributed by atoms with Gasteiger partial charge in [0.1, 0.15) is 0 Å². The summed E-state index contributed by atoms with van der Waals surface area (Å²) in [7, 11) is 1.53. The van der Waals surface area contributed by atoms with Crippen molar-refractivity contribution in [3.63, 3.8) is 0 Å². The minimum atomic E-state index is -1.02. The van der Waals surface area contributed by atoms with Gasteiger partial charge in [-0.15, -0.1) is 0 Å². The number of nitrogens with two attached hydrogens (primary N) is 2. The summed E-state index contributed by atoms with van der Waals surface area (Å²) in [5.74, 6) is -1.20. The van der Waals surface area contributed by atoms with E-state index in [9.17, 15) is 14.4 Å². The molecule has 20 heavy (non-hydrogen) atoms. The number of methoxy groups -OCH3 is 1. The summed E-state index contributed by atoms with van der Waals surface area (Å²) in [6.45, 7) is 0.741. The number of aromatic nitrogens is 1. The largest absolute Gasteiger partial charge is 0.383 e. The van der Waals surface area contributed by atoms with E-state index in [1.54, 1.807) is 0 Å². The molecule has 110 valence electrons. The lowest BCUT2D eigenvalue weighted by Crippen LogP contribution is -2.39. The molecule has 0 spiro atoms. The molecule has 1 heterocycles. The maximum Gasteiger partial charge on any atom is 0.250 e. The highest BCUT2D eigenvalue weighted by molar-refractivity contribution is 5.97. The molecule has 0 aliphatic carbocycles. The van der Waals surface area contributed by atoms with Crippen LogP contribution in [0.25, 0.3) is 0 Å². The lowest BCUT2D eigenvalue weighted by atomic mass is 10.2. The summed E-state index contributed by atoms with van der Waals surface area (Å²) in [4.78, 5) is 33.9. The number of anilines is 1. The molecule has 2 amide bonds. The van der Waals surface area contributed by atoms with Crippen molar-refractivity contribution in [2.75, 3.05) is 19.0 Å². The van der Waals surface area contributed by atoms with E-state index < -0.39 is 17.9 Å². The van der Waals surface area contributed by atoms with Crippen LogP contribution in [0.4, 0.5) is 5.69 Å². The predicted molar refractivity (Wildman–Crippen MR) is 73.0 cm³/mol. The number of ether oxygens (including phenoxy) is 1. The van der Waals surface area contributed by atoms with Gasteiger partial charge in [-0.25, -0.2) is 0 Å². The minimum absolute atomic E-state index is 0.207. The highest BCUT2D eigenvalue weighted by Gasteiger charge is 2.16. The summed E-state index contributed by atoms with van der Waals surface area (Å²) in [6.07, 6.45) is 1.24. The van der Waals surface area contributed by atoms with Crippen molar-refractivity contribution in [2.24, 2.45) is 11.5 Å². The van der Waals surface area contributed by atoms with Gasteiger partial charge >= 0.3 is 0 Å². The molecular formula is C12H18N4O4. The molecule has 8 nitrogen and oxygen atoms in total. The van der Waals surface area contributed by atoms with Crippen LogP contribution in [-0.2, 0) is 20.9 Å².